The van der Waals surface area contributed by atoms with E-state index in [-0.39, 0.29) is 22.8 Å². The lowest BCUT2D eigenvalue weighted by Gasteiger charge is -2.35. The molecule has 0 amide bonds. The maximum atomic E-state index is 14.0. The molecule has 3 rings (SSSR count). The van der Waals surface area contributed by atoms with Crippen molar-refractivity contribution in [1.29, 1.82) is 0 Å². The van der Waals surface area contributed by atoms with E-state index in [9.17, 15) is 12.8 Å². The van der Waals surface area contributed by atoms with Gasteiger partial charge in [0.1, 0.15) is 5.82 Å². The Bertz CT molecular complexity index is 823. The van der Waals surface area contributed by atoms with Gasteiger partial charge in [-0.1, -0.05) is 0 Å². The minimum Gasteiger partial charge on any atom is -0.377 e. The predicted molar refractivity (Wildman–Crippen MR) is 91.1 cm³/mol. The highest BCUT2D eigenvalue weighted by atomic mass is 32.2. The van der Waals surface area contributed by atoms with Crippen LogP contribution in [0.1, 0.15) is 12.8 Å². The van der Waals surface area contributed by atoms with Gasteiger partial charge in [0.2, 0.25) is 15.8 Å². The van der Waals surface area contributed by atoms with Crippen LogP contribution in [0.25, 0.3) is 11.4 Å². The number of aromatic amines is 1. The van der Waals surface area contributed by atoms with E-state index < -0.39 is 21.4 Å². The lowest BCUT2D eigenvalue weighted by molar-refractivity contribution is -0.0119. The van der Waals surface area contributed by atoms with Gasteiger partial charge in [0.05, 0.1) is 16.1 Å². The molecule has 11 heteroatoms. The first-order valence-electron chi connectivity index (χ1n) is 7.62. The van der Waals surface area contributed by atoms with E-state index in [1.54, 1.807) is 7.11 Å². The van der Waals surface area contributed by atoms with Crippen LogP contribution in [0.15, 0.2) is 23.1 Å². The van der Waals surface area contributed by atoms with Crippen molar-refractivity contribution in [3.63, 3.8) is 0 Å². The molecular formula is C14H18FN5O3S2. The Kier molecular flexibility index (Phi) is 5.37. The van der Waals surface area contributed by atoms with Crippen molar-refractivity contribution >= 4 is 21.8 Å². The van der Waals surface area contributed by atoms with Crippen LogP contribution in [-0.2, 0) is 14.8 Å². The molecule has 1 aliphatic heterocycles. The smallest absolute Gasteiger partial charge is 0.240 e. The zero-order valence-corrected chi connectivity index (χ0v) is 15.2. The van der Waals surface area contributed by atoms with Gasteiger partial charge in [-0.15, -0.1) is 10.2 Å². The first-order valence-corrected chi connectivity index (χ1v) is 10.3. The summed E-state index contributed by atoms with van der Waals surface area (Å²) >= 11 is 1.82. The second kappa shape index (κ2) is 7.36. The molecule has 0 spiro atoms. The molecule has 0 atom stereocenters. The Morgan fingerprint density at radius 1 is 1.40 bits per heavy atom. The van der Waals surface area contributed by atoms with Crippen LogP contribution in [0, 0.1) is 5.82 Å². The largest absolute Gasteiger partial charge is 0.377 e. The number of nitrogens with one attached hydrogen (secondary N) is 2. The zero-order valence-electron chi connectivity index (χ0n) is 13.5. The predicted octanol–water partition coefficient (Wildman–Crippen LogP) is 1.20. The second-order valence-electron chi connectivity index (χ2n) is 5.70. The fourth-order valence-electron chi connectivity index (χ4n) is 2.63. The highest BCUT2D eigenvalue weighted by Gasteiger charge is 2.33. The van der Waals surface area contributed by atoms with Crippen LogP contribution in [0.4, 0.5) is 4.39 Å². The maximum Gasteiger partial charge on any atom is 0.240 e. The summed E-state index contributed by atoms with van der Waals surface area (Å²) in [7, 11) is -2.23. The molecule has 2 heterocycles. The molecule has 8 nitrogen and oxygen atoms in total. The molecule has 0 aliphatic carbocycles. The second-order valence-corrected chi connectivity index (χ2v) is 8.69. The fourth-order valence-corrected chi connectivity index (χ4v) is 5.00. The summed E-state index contributed by atoms with van der Waals surface area (Å²) < 4.78 is 47.3. The van der Waals surface area contributed by atoms with Crippen molar-refractivity contribution in [3.8, 4) is 11.4 Å². The van der Waals surface area contributed by atoms with Crippen LogP contribution in [-0.4, -0.2) is 59.8 Å². The lowest BCUT2D eigenvalue weighted by atomic mass is 9.97. The van der Waals surface area contributed by atoms with Gasteiger partial charge in [0.25, 0.3) is 0 Å². The topological polar surface area (TPSA) is 110 Å². The molecule has 25 heavy (non-hydrogen) atoms. The highest BCUT2D eigenvalue weighted by Crippen LogP contribution is 2.30. The third-order valence-electron chi connectivity index (χ3n) is 4.26. The highest BCUT2D eigenvalue weighted by molar-refractivity contribution is 7.99. The SMILES string of the molecule is COC1(CNS(=O)(=O)c2ccc(F)c(-c3nn[nH]n3)c2)CCSCC1. The number of rotatable bonds is 6. The van der Waals surface area contributed by atoms with Gasteiger partial charge in [-0.25, -0.2) is 17.5 Å². The molecule has 1 fully saturated rings. The molecule has 2 N–H and O–H groups in total. The Morgan fingerprint density at radius 2 is 2.16 bits per heavy atom. The number of benzene rings is 1. The molecule has 1 saturated heterocycles. The molecule has 0 saturated carbocycles. The maximum absolute atomic E-state index is 14.0. The number of sulfonamides is 1. The van der Waals surface area contributed by atoms with Gasteiger partial charge in [-0.05, 0) is 47.8 Å². The molecule has 1 aromatic heterocycles. The number of halogens is 1. The number of hydrogen-bond acceptors (Lipinski definition) is 7. The van der Waals surface area contributed by atoms with E-state index in [0.29, 0.717) is 0 Å². The van der Waals surface area contributed by atoms with Crippen molar-refractivity contribution in [2.45, 2.75) is 23.3 Å². The fraction of sp³-hybridized carbons (Fsp3) is 0.500. The zero-order chi connectivity index (χ0) is 17.9. The first-order chi connectivity index (χ1) is 12.0. The molecule has 0 radical (unpaired) electrons. The number of thioether (sulfide) groups is 1. The number of aromatic nitrogens is 4. The number of methoxy groups -OCH3 is 1. The Balaban J connectivity index is 1.81. The average Bonchev–Trinajstić information content (AvgIpc) is 3.15. The van der Waals surface area contributed by atoms with Crippen LogP contribution < -0.4 is 4.72 Å². The van der Waals surface area contributed by atoms with Gasteiger partial charge in [-0.3, -0.25) is 0 Å². The number of nitrogens with zero attached hydrogens (tertiary/aromatic N) is 3. The van der Waals surface area contributed by atoms with Crippen LogP contribution in [0.3, 0.4) is 0 Å². The summed E-state index contributed by atoms with van der Waals surface area (Å²) in [5.41, 5.74) is -0.540. The molecular weight excluding hydrogens is 369 g/mol. The summed E-state index contributed by atoms with van der Waals surface area (Å²) in [6.45, 7) is 0.168. The Labute approximate surface area is 149 Å². The molecule has 136 valence electrons. The van der Waals surface area contributed by atoms with Crippen molar-refractivity contribution in [1.82, 2.24) is 25.3 Å². The van der Waals surface area contributed by atoms with Crippen LogP contribution >= 0.6 is 11.8 Å². The van der Waals surface area contributed by atoms with Gasteiger partial charge in [0, 0.05) is 13.7 Å². The average molecular weight is 387 g/mol. The molecule has 0 bridgehead atoms. The molecule has 2 aromatic rings. The quantitative estimate of drug-likeness (QED) is 0.766. The van der Waals surface area contributed by atoms with Crippen molar-refractivity contribution in [3.05, 3.63) is 24.0 Å². The van der Waals surface area contributed by atoms with E-state index in [1.807, 2.05) is 11.8 Å². The third-order valence-corrected chi connectivity index (χ3v) is 6.64. The van der Waals surface area contributed by atoms with Gasteiger partial charge in [0.15, 0.2) is 0 Å². The Hall–Kier alpha value is -1.56. The summed E-state index contributed by atoms with van der Waals surface area (Å²) in [5.74, 6) is 1.22. The minimum absolute atomic E-state index is 0.00721. The normalized spacial score (nSPS) is 17.5. The standard InChI is InChI=1S/C14H18FN5O3S2/c1-23-14(4-6-24-7-5-14)9-16-25(21,22)10-2-3-12(15)11(8-10)13-17-19-20-18-13/h2-3,8,16H,4-7,9H2,1H3,(H,17,18,19,20). The van der Waals surface area contributed by atoms with Gasteiger partial charge < -0.3 is 4.74 Å². The molecule has 1 aromatic carbocycles. The third kappa shape index (κ3) is 4.00. The first kappa shape index (κ1) is 18.2. The number of ether oxygens (including phenoxy) is 1. The summed E-state index contributed by atoms with van der Waals surface area (Å²) in [6.07, 6.45) is 1.54. The number of H-pyrrole nitrogens is 1. The van der Waals surface area contributed by atoms with Crippen molar-refractivity contribution < 1.29 is 17.5 Å². The van der Waals surface area contributed by atoms with Crippen LogP contribution in [0.5, 0.6) is 0 Å². The lowest BCUT2D eigenvalue weighted by Crippen LogP contribution is -2.46. The number of hydrogen-bond donors (Lipinski definition) is 2. The van der Waals surface area contributed by atoms with E-state index in [4.69, 9.17) is 4.74 Å². The van der Waals surface area contributed by atoms with E-state index >= 15 is 0 Å². The van der Waals surface area contributed by atoms with Crippen LogP contribution in [0.2, 0.25) is 0 Å². The summed E-state index contributed by atoms with van der Waals surface area (Å²) in [5, 5.41) is 13.0. The minimum atomic E-state index is -3.83. The molecule has 1 aliphatic rings. The summed E-state index contributed by atoms with van der Waals surface area (Å²) in [6, 6.07) is 3.47. The van der Waals surface area contributed by atoms with Gasteiger partial charge >= 0.3 is 0 Å². The summed E-state index contributed by atoms with van der Waals surface area (Å²) in [4.78, 5) is -0.0647. The van der Waals surface area contributed by atoms with Crippen molar-refractivity contribution in [2.24, 2.45) is 0 Å². The van der Waals surface area contributed by atoms with E-state index in [0.717, 1.165) is 30.4 Å². The number of tetrazole rings is 1. The monoisotopic (exact) mass is 387 g/mol. The van der Waals surface area contributed by atoms with E-state index in [1.165, 1.54) is 12.1 Å². The van der Waals surface area contributed by atoms with E-state index in [2.05, 4.69) is 25.3 Å². The van der Waals surface area contributed by atoms with Gasteiger partial charge in [-0.2, -0.15) is 17.0 Å². The Morgan fingerprint density at radius 3 is 2.80 bits per heavy atom. The van der Waals surface area contributed by atoms with Crippen molar-refractivity contribution in [2.75, 3.05) is 25.2 Å². The molecule has 0 unspecified atom stereocenters.